The summed E-state index contributed by atoms with van der Waals surface area (Å²) in [4.78, 5) is 0. The van der Waals surface area contributed by atoms with Gasteiger partial charge in [-0.15, -0.1) is 0 Å². The van der Waals surface area contributed by atoms with E-state index in [2.05, 4.69) is 24.8 Å². The number of halogens is 2. The van der Waals surface area contributed by atoms with Gasteiger partial charge in [-0.25, -0.2) is 8.78 Å². The van der Waals surface area contributed by atoms with E-state index in [0.29, 0.717) is 11.5 Å². The van der Waals surface area contributed by atoms with Gasteiger partial charge in [0.15, 0.2) is 11.6 Å². The van der Waals surface area contributed by atoms with Crippen LogP contribution in [-0.2, 0) is 0 Å². The molecule has 1 aromatic carbocycles. The number of allylic oxidation sites excluding steroid dienone is 2. The van der Waals surface area contributed by atoms with Gasteiger partial charge in [0.25, 0.3) is 0 Å². The molecule has 0 radical (unpaired) electrons. The van der Waals surface area contributed by atoms with E-state index in [1.165, 1.54) is 57.4 Å². The molecule has 0 aromatic heterocycles. The summed E-state index contributed by atoms with van der Waals surface area (Å²) in [6.07, 6.45) is 14.6. The highest BCUT2D eigenvalue weighted by molar-refractivity contribution is 5.37. The highest BCUT2D eigenvalue weighted by atomic mass is 19.2. The van der Waals surface area contributed by atoms with Crippen molar-refractivity contribution in [3.05, 3.63) is 47.5 Å². The molecule has 1 aromatic rings. The van der Waals surface area contributed by atoms with E-state index in [9.17, 15) is 8.78 Å². The normalized spacial score (nSPS) is 21.2. The summed E-state index contributed by atoms with van der Waals surface area (Å²) in [6, 6.07) is 3.75. The zero-order valence-electron chi connectivity index (χ0n) is 14.0. The first-order valence-electron chi connectivity index (χ1n) is 8.82. The van der Waals surface area contributed by atoms with Crippen LogP contribution in [0.2, 0.25) is 0 Å². The molecule has 0 N–H and O–H groups in total. The molecular formula is C21H26F2. The largest absolute Gasteiger partial charge is 0.204 e. The van der Waals surface area contributed by atoms with Crippen LogP contribution in [0.3, 0.4) is 0 Å². The topological polar surface area (TPSA) is 0 Å². The fourth-order valence-corrected chi connectivity index (χ4v) is 3.24. The monoisotopic (exact) mass is 316 g/mol. The summed E-state index contributed by atoms with van der Waals surface area (Å²) in [6.45, 7) is 2.25. The molecule has 2 rings (SSSR count). The highest BCUT2D eigenvalue weighted by Gasteiger charge is 2.18. The van der Waals surface area contributed by atoms with Crippen LogP contribution < -0.4 is 0 Å². The summed E-state index contributed by atoms with van der Waals surface area (Å²) in [7, 11) is 0. The summed E-state index contributed by atoms with van der Waals surface area (Å²) >= 11 is 0. The van der Waals surface area contributed by atoms with Crippen LogP contribution in [0.5, 0.6) is 0 Å². The molecule has 1 fully saturated rings. The number of hydrogen-bond acceptors (Lipinski definition) is 0. The van der Waals surface area contributed by atoms with Crippen molar-refractivity contribution >= 4 is 0 Å². The van der Waals surface area contributed by atoms with Crippen LogP contribution in [0.1, 0.15) is 63.9 Å². The second kappa shape index (κ2) is 9.50. The molecule has 1 aliphatic rings. The number of hydrogen-bond donors (Lipinski definition) is 0. The van der Waals surface area contributed by atoms with Crippen molar-refractivity contribution in [3.8, 4) is 11.8 Å². The van der Waals surface area contributed by atoms with Gasteiger partial charge in [0.05, 0.1) is 0 Å². The summed E-state index contributed by atoms with van der Waals surface area (Å²) in [5, 5.41) is 0. The van der Waals surface area contributed by atoms with Gasteiger partial charge in [0.2, 0.25) is 0 Å². The van der Waals surface area contributed by atoms with Gasteiger partial charge in [-0.05, 0) is 61.8 Å². The third kappa shape index (κ3) is 6.18. The summed E-state index contributed by atoms with van der Waals surface area (Å²) < 4.78 is 25.9. The van der Waals surface area contributed by atoms with Gasteiger partial charge in [0.1, 0.15) is 0 Å². The molecule has 2 heteroatoms. The molecule has 124 valence electrons. The second-order valence-corrected chi connectivity index (χ2v) is 6.53. The van der Waals surface area contributed by atoms with Crippen molar-refractivity contribution in [3.63, 3.8) is 0 Å². The number of benzene rings is 1. The second-order valence-electron chi connectivity index (χ2n) is 6.53. The Bertz CT molecular complexity index is 569. The molecule has 1 saturated carbocycles. The van der Waals surface area contributed by atoms with Crippen molar-refractivity contribution in [2.75, 3.05) is 0 Å². The Morgan fingerprint density at radius 3 is 2.57 bits per heavy atom. The molecule has 0 nitrogen and oxygen atoms in total. The lowest BCUT2D eigenvalue weighted by atomic mass is 9.79. The van der Waals surface area contributed by atoms with Gasteiger partial charge in [-0.2, -0.15) is 0 Å². The average Bonchev–Trinajstić information content (AvgIpc) is 2.56. The van der Waals surface area contributed by atoms with Crippen LogP contribution >= 0.6 is 0 Å². The standard InChI is InChI=1S/C21H26F2/c1-2-3-4-7-17-10-12-18(13-11-17)8-5-6-9-19-14-15-20(22)21(23)16-19/h5,8,14-18H,2-4,7,10-13H2,1H3/b8-5+. The first-order chi connectivity index (χ1) is 11.2. The van der Waals surface area contributed by atoms with Crippen molar-refractivity contribution in [1.29, 1.82) is 0 Å². The number of rotatable bonds is 5. The smallest absolute Gasteiger partial charge is 0.160 e. The fraction of sp³-hybridized carbons (Fsp3) is 0.524. The van der Waals surface area contributed by atoms with E-state index in [1.54, 1.807) is 0 Å². The zero-order chi connectivity index (χ0) is 16.5. The first-order valence-corrected chi connectivity index (χ1v) is 8.82. The van der Waals surface area contributed by atoms with Crippen molar-refractivity contribution in [2.24, 2.45) is 11.8 Å². The van der Waals surface area contributed by atoms with Gasteiger partial charge in [-0.3, -0.25) is 0 Å². The van der Waals surface area contributed by atoms with Crippen LogP contribution in [0.25, 0.3) is 0 Å². The Labute approximate surface area is 139 Å². The van der Waals surface area contributed by atoms with Crippen LogP contribution in [0.4, 0.5) is 8.78 Å². The molecule has 1 aliphatic carbocycles. The van der Waals surface area contributed by atoms with Crippen molar-refractivity contribution < 1.29 is 8.78 Å². The van der Waals surface area contributed by atoms with E-state index in [0.717, 1.165) is 18.1 Å². The minimum absolute atomic E-state index is 0.508. The lowest BCUT2D eigenvalue weighted by Crippen LogP contribution is -2.12. The summed E-state index contributed by atoms with van der Waals surface area (Å²) in [5.41, 5.74) is 0.508. The Morgan fingerprint density at radius 1 is 1.09 bits per heavy atom. The maximum Gasteiger partial charge on any atom is 0.160 e. The molecule has 0 spiro atoms. The van der Waals surface area contributed by atoms with Gasteiger partial charge >= 0.3 is 0 Å². The summed E-state index contributed by atoms with van der Waals surface area (Å²) in [5.74, 6) is 5.64. The Hall–Kier alpha value is -1.62. The molecule has 0 atom stereocenters. The Balaban J connectivity index is 1.75. The van der Waals surface area contributed by atoms with Crippen molar-refractivity contribution in [2.45, 2.75) is 58.3 Å². The molecular weight excluding hydrogens is 290 g/mol. The maximum atomic E-state index is 13.1. The minimum Gasteiger partial charge on any atom is -0.204 e. The quantitative estimate of drug-likeness (QED) is 0.444. The SMILES string of the molecule is CCCCCC1CCC(/C=C/C#Cc2ccc(F)c(F)c2)CC1. The highest BCUT2D eigenvalue weighted by Crippen LogP contribution is 2.32. The minimum atomic E-state index is -0.845. The Morgan fingerprint density at radius 2 is 1.87 bits per heavy atom. The zero-order valence-corrected chi connectivity index (χ0v) is 14.0. The van der Waals surface area contributed by atoms with Gasteiger partial charge in [-0.1, -0.05) is 50.5 Å². The molecule has 0 aliphatic heterocycles. The van der Waals surface area contributed by atoms with E-state index in [4.69, 9.17) is 0 Å². The van der Waals surface area contributed by atoms with Crippen LogP contribution in [-0.4, -0.2) is 0 Å². The average molecular weight is 316 g/mol. The maximum absolute atomic E-state index is 13.1. The van der Waals surface area contributed by atoms with Crippen LogP contribution in [0.15, 0.2) is 30.4 Å². The fourth-order valence-electron chi connectivity index (χ4n) is 3.24. The molecule has 23 heavy (non-hydrogen) atoms. The van der Waals surface area contributed by atoms with E-state index in [-0.39, 0.29) is 0 Å². The predicted molar refractivity (Wildman–Crippen MR) is 92.0 cm³/mol. The lowest BCUT2D eigenvalue weighted by Gasteiger charge is -2.26. The predicted octanol–water partition coefficient (Wildman–Crippen LogP) is 6.26. The number of unbranched alkanes of at least 4 members (excludes halogenated alkanes) is 2. The molecule has 0 bridgehead atoms. The van der Waals surface area contributed by atoms with E-state index in [1.807, 2.05) is 6.08 Å². The first kappa shape index (κ1) is 17.7. The van der Waals surface area contributed by atoms with E-state index >= 15 is 0 Å². The van der Waals surface area contributed by atoms with Crippen LogP contribution in [0, 0.1) is 35.3 Å². The molecule has 0 saturated heterocycles. The van der Waals surface area contributed by atoms with Crippen molar-refractivity contribution in [1.82, 2.24) is 0 Å². The Kier molecular flexibility index (Phi) is 7.33. The molecule has 0 amide bonds. The third-order valence-corrected chi connectivity index (χ3v) is 4.70. The molecule has 0 heterocycles. The van der Waals surface area contributed by atoms with E-state index < -0.39 is 11.6 Å². The van der Waals surface area contributed by atoms with Gasteiger partial charge in [0, 0.05) is 5.56 Å². The lowest BCUT2D eigenvalue weighted by molar-refractivity contribution is 0.289. The third-order valence-electron chi connectivity index (χ3n) is 4.70. The molecule has 0 unspecified atom stereocenters. The van der Waals surface area contributed by atoms with Gasteiger partial charge < -0.3 is 0 Å².